The Labute approximate surface area is 112 Å². The number of rotatable bonds is 7. The summed E-state index contributed by atoms with van der Waals surface area (Å²) in [4.78, 5) is 22.2. The van der Waals surface area contributed by atoms with Gasteiger partial charge < -0.3 is 21.5 Å². The maximum atomic E-state index is 11.4. The van der Waals surface area contributed by atoms with Crippen LogP contribution in [0.25, 0.3) is 0 Å². The van der Waals surface area contributed by atoms with Gasteiger partial charge in [-0.3, -0.25) is 4.79 Å². The maximum absolute atomic E-state index is 11.4. The highest BCUT2D eigenvalue weighted by molar-refractivity contribution is 5.90. The van der Waals surface area contributed by atoms with E-state index in [1.807, 2.05) is 6.92 Å². The van der Waals surface area contributed by atoms with Crippen molar-refractivity contribution in [2.45, 2.75) is 19.8 Å². The van der Waals surface area contributed by atoms with Crippen LogP contribution in [0.5, 0.6) is 0 Å². The van der Waals surface area contributed by atoms with Crippen molar-refractivity contribution in [2.75, 3.05) is 24.1 Å². The lowest BCUT2D eigenvalue weighted by molar-refractivity contribution is -0.120. The summed E-state index contributed by atoms with van der Waals surface area (Å²) in [6, 6.07) is 4.43. The molecular weight excluding hydrogens is 246 g/mol. The van der Waals surface area contributed by atoms with E-state index in [2.05, 4.69) is 10.6 Å². The molecule has 1 amide bonds. The van der Waals surface area contributed by atoms with Gasteiger partial charge in [0.15, 0.2) is 0 Å². The predicted octanol–water partition coefficient (Wildman–Crippen LogP) is 1.30. The first-order valence-electron chi connectivity index (χ1n) is 6.18. The molecule has 19 heavy (non-hydrogen) atoms. The van der Waals surface area contributed by atoms with E-state index in [4.69, 9.17) is 10.8 Å². The fourth-order valence-corrected chi connectivity index (χ4v) is 1.51. The van der Waals surface area contributed by atoms with Crippen LogP contribution in [0.1, 0.15) is 30.1 Å². The van der Waals surface area contributed by atoms with Crippen molar-refractivity contribution in [2.24, 2.45) is 0 Å². The Morgan fingerprint density at radius 3 is 2.68 bits per heavy atom. The molecule has 0 unspecified atom stereocenters. The van der Waals surface area contributed by atoms with E-state index < -0.39 is 5.97 Å². The Morgan fingerprint density at radius 2 is 2.05 bits per heavy atom. The number of benzene rings is 1. The lowest BCUT2D eigenvalue weighted by Crippen LogP contribution is -2.26. The molecular formula is C13H19N3O3. The highest BCUT2D eigenvalue weighted by Crippen LogP contribution is 2.19. The first-order chi connectivity index (χ1) is 9.04. The minimum atomic E-state index is -1.01. The quantitative estimate of drug-likeness (QED) is 0.556. The average molecular weight is 265 g/mol. The second kappa shape index (κ2) is 7.25. The molecule has 0 fully saturated rings. The molecule has 5 N–H and O–H groups in total. The highest BCUT2D eigenvalue weighted by atomic mass is 16.4. The summed E-state index contributed by atoms with van der Waals surface area (Å²) in [5.74, 6) is -1.05. The molecule has 0 aromatic heterocycles. The van der Waals surface area contributed by atoms with Crippen molar-refractivity contribution in [1.29, 1.82) is 0 Å². The number of nitrogens with two attached hydrogens (primary N) is 1. The molecule has 0 spiro atoms. The van der Waals surface area contributed by atoms with Gasteiger partial charge in [-0.15, -0.1) is 0 Å². The van der Waals surface area contributed by atoms with E-state index in [9.17, 15) is 9.59 Å². The monoisotopic (exact) mass is 265 g/mol. The summed E-state index contributed by atoms with van der Waals surface area (Å²) < 4.78 is 0. The molecule has 0 saturated heterocycles. The van der Waals surface area contributed by atoms with Crippen molar-refractivity contribution in [3.63, 3.8) is 0 Å². The third-order valence-electron chi connectivity index (χ3n) is 2.54. The zero-order chi connectivity index (χ0) is 14.3. The second-order valence-electron chi connectivity index (χ2n) is 4.13. The molecule has 0 aliphatic heterocycles. The first kappa shape index (κ1) is 14.8. The Kier molecular flexibility index (Phi) is 5.66. The minimum absolute atomic E-state index is 0.0395. The first-order valence-corrected chi connectivity index (χ1v) is 6.18. The number of carbonyl (C=O) groups is 2. The Morgan fingerprint density at radius 1 is 1.32 bits per heavy atom. The molecule has 0 aliphatic carbocycles. The van der Waals surface area contributed by atoms with E-state index >= 15 is 0 Å². The lowest BCUT2D eigenvalue weighted by Gasteiger charge is -2.10. The summed E-state index contributed by atoms with van der Waals surface area (Å²) in [6.07, 6.45) is 1.21. The van der Waals surface area contributed by atoms with E-state index in [1.165, 1.54) is 18.2 Å². The third-order valence-corrected chi connectivity index (χ3v) is 2.54. The number of anilines is 2. The molecule has 0 radical (unpaired) electrons. The van der Waals surface area contributed by atoms with E-state index in [0.717, 1.165) is 6.42 Å². The Bertz CT molecular complexity index is 460. The van der Waals surface area contributed by atoms with Crippen LogP contribution in [0.3, 0.4) is 0 Å². The molecule has 0 heterocycles. The largest absolute Gasteiger partial charge is 0.478 e. The normalized spacial score (nSPS) is 9.95. The molecule has 1 aromatic rings. The van der Waals surface area contributed by atoms with Crippen LogP contribution in [-0.4, -0.2) is 30.1 Å². The summed E-state index contributed by atoms with van der Waals surface area (Å²) in [5, 5.41) is 14.6. The molecule has 104 valence electrons. The molecule has 0 atom stereocenters. The van der Waals surface area contributed by atoms with Gasteiger partial charge in [-0.25, -0.2) is 4.79 Å². The van der Waals surface area contributed by atoms with Gasteiger partial charge in [0.2, 0.25) is 5.91 Å². The van der Waals surface area contributed by atoms with Gasteiger partial charge >= 0.3 is 5.97 Å². The van der Waals surface area contributed by atoms with Crippen LogP contribution in [0.15, 0.2) is 18.2 Å². The van der Waals surface area contributed by atoms with Crippen LogP contribution in [0.4, 0.5) is 11.4 Å². The lowest BCUT2D eigenvalue weighted by atomic mass is 10.1. The van der Waals surface area contributed by atoms with Gasteiger partial charge in [0.1, 0.15) is 0 Å². The van der Waals surface area contributed by atoms with Crippen molar-refractivity contribution in [3.05, 3.63) is 23.8 Å². The zero-order valence-electron chi connectivity index (χ0n) is 10.9. The summed E-state index contributed by atoms with van der Waals surface area (Å²) in [5.41, 5.74) is 6.88. The number of carboxylic acids is 1. The molecule has 0 bridgehead atoms. The number of hydrogen-bond acceptors (Lipinski definition) is 4. The van der Waals surface area contributed by atoms with Crippen LogP contribution in [-0.2, 0) is 4.79 Å². The minimum Gasteiger partial charge on any atom is -0.478 e. The van der Waals surface area contributed by atoms with Crippen LogP contribution in [0, 0.1) is 0 Å². The second-order valence-corrected chi connectivity index (χ2v) is 4.13. The fraction of sp³-hybridized carbons (Fsp3) is 0.385. The van der Waals surface area contributed by atoms with Gasteiger partial charge in [0.05, 0.1) is 16.9 Å². The standard InChI is InChI=1S/C13H19N3O3/c1-2-6-16-12(17)5-7-15-11-8-9(13(18)19)3-4-10(11)14/h3-4,8,15H,2,5-7,14H2,1H3,(H,16,17)(H,18,19). The van der Waals surface area contributed by atoms with Crippen molar-refractivity contribution in [1.82, 2.24) is 5.32 Å². The van der Waals surface area contributed by atoms with Crippen molar-refractivity contribution in [3.8, 4) is 0 Å². The number of carbonyl (C=O) groups excluding carboxylic acids is 1. The van der Waals surface area contributed by atoms with Crippen LogP contribution in [0.2, 0.25) is 0 Å². The van der Waals surface area contributed by atoms with Gasteiger partial charge in [-0.2, -0.15) is 0 Å². The Hall–Kier alpha value is -2.24. The summed E-state index contributed by atoms with van der Waals surface area (Å²) >= 11 is 0. The third kappa shape index (κ3) is 4.87. The topological polar surface area (TPSA) is 104 Å². The van der Waals surface area contributed by atoms with E-state index in [0.29, 0.717) is 30.9 Å². The number of nitrogen functional groups attached to an aromatic ring is 1. The smallest absolute Gasteiger partial charge is 0.335 e. The molecule has 1 aromatic carbocycles. The maximum Gasteiger partial charge on any atom is 0.335 e. The Balaban J connectivity index is 2.51. The number of aromatic carboxylic acids is 1. The number of amides is 1. The number of nitrogens with one attached hydrogen (secondary N) is 2. The van der Waals surface area contributed by atoms with E-state index in [-0.39, 0.29) is 11.5 Å². The van der Waals surface area contributed by atoms with Gasteiger partial charge in [0, 0.05) is 19.5 Å². The van der Waals surface area contributed by atoms with Crippen molar-refractivity contribution >= 4 is 23.3 Å². The summed E-state index contributed by atoms with van der Waals surface area (Å²) in [7, 11) is 0. The van der Waals surface area contributed by atoms with Gasteiger partial charge in [0.25, 0.3) is 0 Å². The fourth-order valence-electron chi connectivity index (χ4n) is 1.51. The van der Waals surface area contributed by atoms with Gasteiger partial charge in [-0.05, 0) is 24.6 Å². The van der Waals surface area contributed by atoms with Gasteiger partial charge in [-0.1, -0.05) is 6.92 Å². The SMILES string of the molecule is CCCNC(=O)CCNc1cc(C(=O)O)ccc1N. The van der Waals surface area contributed by atoms with E-state index in [1.54, 1.807) is 0 Å². The molecule has 0 aliphatic rings. The summed E-state index contributed by atoms with van der Waals surface area (Å²) in [6.45, 7) is 3.05. The van der Waals surface area contributed by atoms with Crippen LogP contribution >= 0.6 is 0 Å². The predicted molar refractivity (Wildman–Crippen MR) is 74.2 cm³/mol. The number of carboxylic acid groups (broad SMARTS) is 1. The zero-order valence-corrected chi connectivity index (χ0v) is 10.9. The molecule has 6 nitrogen and oxygen atoms in total. The molecule has 1 rings (SSSR count). The van der Waals surface area contributed by atoms with Crippen molar-refractivity contribution < 1.29 is 14.7 Å². The highest BCUT2D eigenvalue weighted by Gasteiger charge is 2.07. The molecule has 6 heteroatoms. The number of hydrogen-bond donors (Lipinski definition) is 4. The molecule has 0 saturated carbocycles. The average Bonchev–Trinajstić information content (AvgIpc) is 2.38. The van der Waals surface area contributed by atoms with Crippen LogP contribution < -0.4 is 16.4 Å².